The first-order valence-electron chi connectivity index (χ1n) is 11.1. The van der Waals surface area contributed by atoms with Crippen LogP contribution in [-0.2, 0) is 16.6 Å². The summed E-state index contributed by atoms with van der Waals surface area (Å²) in [5.41, 5.74) is 8.59. The van der Waals surface area contributed by atoms with Crippen molar-refractivity contribution in [2.75, 3.05) is 12.3 Å². The average Bonchev–Trinajstić information content (AvgIpc) is 3.18. The summed E-state index contributed by atoms with van der Waals surface area (Å²) in [7, 11) is -3.89. The molecule has 35 heavy (non-hydrogen) atoms. The topological polar surface area (TPSA) is 129 Å². The van der Waals surface area contributed by atoms with Crippen LogP contribution in [0.1, 0.15) is 22.8 Å². The Morgan fingerprint density at radius 1 is 1.06 bits per heavy atom. The highest BCUT2D eigenvalue weighted by Gasteiger charge is 2.31. The molecule has 1 unspecified atom stereocenters. The van der Waals surface area contributed by atoms with E-state index in [1.807, 2.05) is 37.3 Å². The molecule has 9 heteroatoms. The monoisotopic (exact) mass is 488 g/mol. The molecule has 0 saturated carbocycles. The zero-order valence-corrected chi connectivity index (χ0v) is 19.8. The minimum absolute atomic E-state index is 0.0501. The third-order valence-corrected chi connectivity index (χ3v) is 7.20. The van der Waals surface area contributed by atoms with Crippen molar-refractivity contribution in [1.29, 1.82) is 0 Å². The van der Waals surface area contributed by atoms with Crippen LogP contribution in [0.5, 0.6) is 5.75 Å². The summed E-state index contributed by atoms with van der Waals surface area (Å²) >= 11 is 0. The van der Waals surface area contributed by atoms with Crippen molar-refractivity contribution in [2.45, 2.75) is 24.4 Å². The molecule has 1 aliphatic rings. The van der Waals surface area contributed by atoms with Gasteiger partial charge in [-0.25, -0.2) is 18.5 Å². The number of benzene rings is 3. The van der Waals surface area contributed by atoms with Gasteiger partial charge in [-0.2, -0.15) is 0 Å². The summed E-state index contributed by atoms with van der Waals surface area (Å²) in [4.78, 5) is 19.0. The van der Waals surface area contributed by atoms with Gasteiger partial charge < -0.3 is 15.4 Å². The normalized spacial score (nSPS) is 14.2. The van der Waals surface area contributed by atoms with E-state index in [1.165, 1.54) is 6.07 Å². The first-order valence-corrected chi connectivity index (χ1v) is 12.6. The molecule has 1 aliphatic heterocycles. The van der Waals surface area contributed by atoms with Gasteiger partial charge in [-0.15, -0.1) is 0 Å². The second-order valence-corrected chi connectivity index (χ2v) is 10.1. The van der Waals surface area contributed by atoms with Crippen LogP contribution in [-0.4, -0.2) is 36.9 Å². The Bertz CT molecular complexity index is 1570. The van der Waals surface area contributed by atoms with Crippen molar-refractivity contribution < 1.29 is 17.9 Å². The number of amides is 1. The predicted molar refractivity (Wildman–Crippen MR) is 134 cm³/mol. The van der Waals surface area contributed by atoms with Crippen molar-refractivity contribution in [3.05, 3.63) is 84.1 Å². The molecule has 4 aromatic rings. The molecule has 5 rings (SSSR count). The molecular weight excluding hydrogens is 464 g/mol. The molecule has 0 saturated heterocycles. The van der Waals surface area contributed by atoms with Crippen molar-refractivity contribution in [1.82, 2.24) is 9.88 Å². The molecule has 1 amide bonds. The van der Waals surface area contributed by atoms with Crippen molar-refractivity contribution in [2.24, 2.45) is 5.14 Å². The zero-order valence-electron chi connectivity index (χ0n) is 19.0. The van der Waals surface area contributed by atoms with E-state index in [9.17, 15) is 13.2 Å². The van der Waals surface area contributed by atoms with Gasteiger partial charge in [0.1, 0.15) is 18.2 Å². The second-order valence-electron chi connectivity index (χ2n) is 8.59. The lowest BCUT2D eigenvalue weighted by Gasteiger charge is -2.24. The lowest BCUT2D eigenvalue weighted by atomic mass is 10.0. The molecule has 1 aromatic heterocycles. The SMILES string of the molecule is CC(COc1ccc2ccnc(N)c2c1)N1Cc2cc(-c3ccccc3S(N)(=O)=O)ccc2C1=O. The van der Waals surface area contributed by atoms with Crippen LogP contribution in [0.4, 0.5) is 5.82 Å². The summed E-state index contributed by atoms with van der Waals surface area (Å²) in [6, 6.07) is 19.2. The number of aromatic nitrogens is 1. The van der Waals surface area contributed by atoms with E-state index >= 15 is 0 Å². The highest BCUT2D eigenvalue weighted by atomic mass is 32.2. The number of anilines is 1. The van der Waals surface area contributed by atoms with Crippen molar-refractivity contribution >= 4 is 32.5 Å². The molecule has 0 aliphatic carbocycles. The molecule has 2 heterocycles. The highest BCUT2D eigenvalue weighted by molar-refractivity contribution is 7.89. The fourth-order valence-corrected chi connectivity index (χ4v) is 5.15. The maximum atomic E-state index is 13.1. The van der Waals surface area contributed by atoms with Crippen LogP contribution in [0.3, 0.4) is 0 Å². The van der Waals surface area contributed by atoms with Crippen molar-refractivity contribution in [3.63, 3.8) is 0 Å². The fourth-order valence-electron chi connectivity index (χ4n) is 4.39. The Kier molecular flexibility index (Phi) is 5.66. The van der Waals surface area contributed by atoms with Gasteiger partial charge in [-0.3, -0.25) is 4.79 Å². The third kappa shape index (κ3) is 4.31. The highest BCUT2D eigenvalue weighted by Crippen LogP contribution is 2.32. The predicted octanol–water partition coefficient (Wildman–Crippen LogP) is 3.55. The molecule has 1 atom stereocenters. The van der Waals surface area contributed by atoms with Crippen LogP contribution >= 0.6 is 0 Å². The first-order chi connectivity index (χ1) is 16.7. The number of primary sulfonamides is 1. The van der Waals surface area contributed by atoms with Gasteiger partial charge in [0.05, 0.1) is 10.9 Å². The summed E-state index contributed by atoms with van der Waals surface area (Å²) in [6.45, 7) is 2.63. The fraction of sp³-hybridized carbons (Fsp3) is 0.154. The second kappa shape index (κ2) is 8.68. The largest absolute Gasteiger partial charge is 0.491 e. The molecule has 3 aromatic carbocycles. The van der Waals surface area contributed by atoms with Gasteiger partial charge in [0.25, 0.3) is 5.91 Å². The van der Waals surface area contributed by atoms with E-state index in [0.29, 0.717) is 41.4 Å². The number of ether oxygens (including phenoxy) is 1. The van der Waals surface area contributed by atoms with Crippen molar-refractivity contribution in [3.8, 4) is 16.9 Å². The van der Waals surface area contributed by atoms with E-state index in [0.717, 1.165) is 16.3 Å². The molecule has 0 fully saturated rings. The molecule has 0 spiro atoms. The number of nitrogens with zero attached hydrogens (tertiary/aromatic N) is 2. The van der Waals surface area contributed by atoms with E-state index in [1.54, 1.807) is 41.4 Å². The quantitative estimate of drug-likeness (QED) is 0.427. The van der Waals surface area contributed by atoms with E-state index in [2.05, 4.69) is 4.98 Å². The molecule has 0 bridgehead atoms. The number of rotatable bonds is 6. The standard InChI is InChI=1S/C26H24N4O4S/c1-16(15-34-20-8-6-17-10-11-29-25(27)23(17)13-20)30-14-19-12-18(7-9-22(19)26(30)31)21-4-2-3-5-24(21)35(28,32)33/h2-13,16H,14-15H2,1H3,(H2,27,29)(H2,28,32,33). The molecular formula is C26H24N4O4S. The van der Waals surface area contributed by atoms with Gasteiger partial charge in [0, 0.05) is 29.3 Å². The minimum atomic E-state index is -3.89. The number of hydrogen-bond acceptors (Lipinski definition) is 6. The Morgan fingerprint density at radius 2 is 1.86 bits per heavy atom. The lowest BCUT2D eigenvalue weighted by Crippen LogP contribution is -2.37. The van der Waals surface area contributed by atoms with E-state index in [-0.39, 0.29) is 16.8 Å². The minimum Gasteiger partial charge on any atom is -0.491 e. The van der Waals surface area contributed by atoms with Gasteiger partial charge in [-0.1, -0.05) is 30.3 Å². The molecule has 0 radical (unpaired) electrons. The molecule has 4 N–H and O–H groups in total. The maximum absolute atomic E-state index is 13.1. The number of nitrogens with two attached hydrogens (primary N) is 2. The Balaban J connectivity index is 1.34. The number of carbonyl (C=O) groups excluding carboxylic acids is 1. The van der Waals surface area contributed by atoms with E-state index in [4.69, 9.17) is 15.6 Å². The first kappa shape index (κ1) is 22.8. The number of hydrogen-bond donors (Lipinski definition) is 2. The van der Waals surface area contributed by atoms with Crippen LogP contribution in [0.2, 0.25) is 0 Å². The number of fused-ring (bicyclic) bond motifs is 2. The lowest BCUT2D eigenvalue weighted by molar-refractivity contribution is 0.0661. The summed E-state index contributed by atoms with van der Waals surface area (Å²) in [6.07, 6.45) is 1.66. The third-order valence-electron chi connectivity index (χ3n) is 6.23. The molecule has 8 nitrogen and oxygen atoms in total. The summed E-state index contributed by atoms with van der Waals surface area (Å²) in [5.74, 6) is 0.996. The zero-order chi connectivity index (χ0) is 24.7. The number of sulfonamides is 1. The smallest absolute Gasteiger partial charge is 0.254 e. The van der Waals surface area contributed by atoms with Crippen LogP contribution in [0, 0.1) is 0 Å². The number of nitrogen functional groups attached to an aromatic ring is 1. The van der Waals surface area contributed by atoms with Gasteiger partial charge in [-0.05, 0) is 59.8 Å². The number of pyridine rings is 1. The maximum Gasteiger partial charge on any atom is 0.254 e. The number of carbonyl (C=O) groups is 1. The Hall–Kier alpha value is -3.95. The Morgan fingerprint density at radius 3 is 2.66 bits per heavy atom. The average molecular weight is 489 g/mol. The Labute approximate surface area is 203 Å². The van der Waals surface area contributed by atoms with Crippen LogP contribution < -0.4 is 15.6 Å². The summed E-state index contributed by atoms with van der Waals surface area (Å²) < 4.78 is 30.0. The van der Waals surface area contributed by atoms with Crippen LogP contribution in [0.25, 0.3) is 21.9 Å². The van der Waals surface area contributed by atoms with Crippen LogP contribution in [0.15, 0.2) is 77.8 Å². The summed E-state index contributed by atoms with van der Waals surface area (Å²) in [5, 5.41) is 7.19. The van der Waals surface area contributed by atoms with Gasteiger partial charge in [0.15, 0.2) is 0 Å². The van der Waals surface area contributed by atoms with Gasteiger partial charge in [0.2, 0.25) is 10.0 Å². The van der Waals surface area contributed by atoms with Gasteiger partial charge >= 0.3 is 0 Å². The molecule has 178 valence electrons. The van der Waals surface area contributed by atoms with E-state index < -0.39 is 10.0 Å².